The highest BCUT2D eigenvalue weighted by atomic mass is 16.4. The van der Waals surface area contributed by atoms with Gasteiger partial charge in [0.2, 0.25) is 5.91 Å². The van der Waals surface area contributed by atoms with Crippen molar-refractivity contribution < 1.29 is 44.4 Å². The number of unbranched alkanes of at least 4 members (excludes halogenated alkanes) is 1. The van der Waals surface area contributed by atoms with Gasteiger partial charge in [0.1, 0.15) is 0 Å². The molecule has 0 aliphatic carbocycles. The minimum absolute atomic E-state index is 0.0343. The first kappa shape index (κ1) is 26.3. The Balaban J connectivity index is 3.34. The zero-order chi connectivity index (χ0) is 23.6. The van der Waals surface area contributed by atoms with E-state index in [1.165, 1.54) is 4.90 Å². The number of carbonyl (C=O) groups excluding carboxylic acids is 1. The number of carboxylic acid groups (broad SMARTS) is 4. The Morgan fingerprint density at radius 1 is 0.774 bits per heavy atom. The van der Waals surface area contributed by atoms with Gasteiger partial charge in [-0.05, 0) is 12.8 Å². The number of carboxylic acids is 4. The quantitative estimate of drug-likeness (QED) is 0.184. The maximum atomic E-state index is 11.5. The lowest BCUT2D eigenvalue weighted by atomic mass is 9.88. The maximum Gasteiger partial charge on any atom is 0.317 e. The molecule has 1 rings (SSSR count). The Labute approximate surface area is 179 Å². The van der Waals surface area contributed by atoms with Gasteiger partial charge in [-0.2, -0.15) is 0 Å². The van der Waals surface area contributed by atoms with E-state index < -0.39 is 48.4 Å². The normalized spacial score (nSPS) is 17.2. The number of hydrogen-bond acceptors (Lipinski definition) is 8. The molecule has 0 bridgehead atoms. The fourth-order valence-corrected chi connectivity index (χ4v) is 3.96. The second-order valence-corrected chi connectivity index (χ2v) is 7.75. The van der Waals surface area contributed by atoms with E-state index in [-0.39, 0.29) is 52.1 Å². The lowest BCUT2D eigenvalue weighted by molar-refractivity contribution is -0.148. The van der Waals surface area contributed by atoms with Gasteiger partial charge in [-0.25, -0.2) is 0 Å². The molecule has 13 heteroatoms. The lowest BCUT2D eigenvalue weighted by Gasteiger charge is -2.45. The van der Waals surface area contributed by atoms with E-state index in [9.17, 15) is 44.4 Å². The SMILES string of the molecule is NC(=O)CCCCC1(N(CC(=O)O)CC(=O)O)CN(CC(=O)O)CCN(CC(=O)O)C1. The van der Waals surface area contributed by atoms with Crippen molar-refractivity contribution in [3.63, 3.8) is 0 Å². The second kappa shape index (κ2) is 12.2. The van der Waals surface area contributed by atoms with Crippen molar-refractivity contribution in [2.75, 3.05) is 52.4 Å². The number of amides is 1. The van der Waals surface area contributed by atoms with Crippen LogP contribution in [-0.2, 0) is 24.0 Å². The van der Waals surface area contributed by atoms with E-state index in [2.05, 4.69) is 0 Å². The van der Waals surface area contributed by atoms with Gasteiger partial charge in [0, 0.05) is 38.1 Å². The molecule has 13 nitrogen and oxygen atoms in total. The predicted octanol–water partition coefficient (Wildman–Crippen LogP) is -1.97. The van der Waals surface area contributed by atoms with Gasteiger partial charge >= 0.3 is 23.9 Å². The molecule has 0 aromatic rings. The number of carbonyl (C=O) groups is 5. The van der Waals surface area contributed by atoms with Crippen molar-refractivity contribution in [3.05, 3.63) is 0 Å². The Hall–Kier alpha value is -2.77. The van der Waals surface area contributed by atoms with E-state index in [0.29, 0.717) is 12.8 Å². The van der Waals surface area contributed by atoms with Crippen LogP contribution in [0.4, 0.5) is 0 Å². The monoisotopic (exact) mass is 446 g/mol. The van der Waals surface area contributed by atoms with Crippen molar-refractivity contribution in [3.8, 4) is 0 Å². The van der Waals surface area contributed by atoms with Crippen LogP contribution in [0.5, 0.6) is 0 Å². The van der Waals surface area contributed by atoms with Crippen molar-refractivity contribution in [1.82, 2.24) is 14.7 Å². The number of aliphatic carboxylic acids is 4. The number of nitrogens with zero attached hydrogens (tertiary/aromatic N) is 3. The van der Waals surface area contributed by atoms with Crippen LogP contribution in [-0.4, -0.2) is 123 Å². The van der Waals surface area contributed by atoms with Crippen LogP contribution in [0.15, 0.2) is 0 Å². The van der Waals surface area contributed by atoms with Crippen LogP contribution in [0, 0.1) is 0 Å². The van der Waals surface area contributed by atoms with E-state index in [1.54, 1.807) is 9.80 Å². The average Bonchev–Trinajstić information content (AvgIpc) is 2.76. The Kier molecular flexibility index (Phi) is 10.3. The molecule has 0 aromatic carbocycles. The summed E-state index contributed by atoms with van der Waals surface area (Å²) in [5.41, 5.74) is 4.01. The zero-order valence-corrected chi connectivity index (χ0v) is 17.2. The minimum atomic E-state index is -1.27. The molecular weight excluding hydrogens is 416 g/mol. The molecule has 1 saturated heterocycles. The number of rotatable bonds is 14. The molecule has 1 heterocycles. The van der Waals surface area contributed by atoms with Crippen LogP contribution in [0.2, 0.25) is 0 Å². The van der Waals surface area contributed by atoms with E-state index >= 15 is 0 Å². The molecule has 6 N–H and O–H groups in total. The van der Waals surface area contributed by atoms with E-state index in [0.717, 1.165) is 0 Å². The van der Waals surface area contributed by atoms with Crippen LogP contribution < -0.4 is 5.73 Å². The summed E-state index contributed by atoms with van der Waals surface area (Å²) in [4.78, 5) is 61.0. The minimum Gasteiger partial charge on any atom is -0.480 e. The zero-order valence-electron chi connectivity index (χ0n) is 17.2. The third kappa shape index (κ3) is 9.72. The van der Waals surface area contributed by atoms with Gasteiger partial charge in [0.05, 0.1) is 26.2 Å². The molecule has 1 aliphatic rings. The molecule has 176 valence electrons. The highest BCUT2D eigenvalue weighted by molar-refractivity contribution is 5.74. The summed E-state index contributed by atoms with van der Waals surface area (Å²) in [6.07, 6.45) is 1.09. The molecule has 0 saturated carbocycles. The van der Waals surface area contributed by atoms with Crippen LogP contribution in [0.25, 0.3) is 0 Å². The van der Waals surface area contributed by atoms with Crippen LogP contribution in [0.3, 0.4) is 0 Å². The lowest BCUT2D eigenvalue weighted by Crippen LogP contribution is -2.62. The fourth-order valence-electron chi connectivity index (χ4n) is 3.96. The largest absolute Gasteiger partial charge is 0.480 e. The van der Waals surface area contributed by atoms with Gasteiger partial charge in [0.15, 0.2) is 0 Å². The molecular formula is C18H30N4O9. The molecule has 1 amide bonds. The summed E-state index contributed by atoms with van der Waals surface area (Å²) in [7, 11) is 0. The predicted molar refractivity (Wildman–Crippen MR) is 105 cm³/mol. The second-order valence-electron chi connectivity index (χ2n) is 7.75. The smallest absolute Gasteiger partial charge is 0.317 e. The summed E-state index contributed by atoms with van der Waals surface area (Å²) in [6, 6.07) is 0. The molecule has 1 fully saturated rings. The number of primary amides is 1. The third-order valence-corrected chi connectivity index (χ3v) is 5.12. The van der Waals surface area contributed by atoms with E-state index in [1.807, 2.05) is 0 Å². The summed E-state index contributed by atoms with van der Waals surface area (Å²) in [5, 5.41) is 37.2. The van der Waals surface area contributed by atoms with Crippen LogP contribution in [0.1, 0.15) is 25.7 Å². The van der Waals surface area contributed by atoms with Crippen molar-refractivity contribution in [2.45, 2.75) is 31.2 Å². The van der Waals surface area contributed by atoms with E-state index in [4.69, 9.17) is 5.73 Å². The van der Waals surface area contributed by atoms with Gasteiger partial charge in [-0.1, -0.05) is 6.42 Å². The average molecular weight is 446 g/mol. The molecule has 0 spiro atoms. The number of hydrogen-bond donors (Lipinski definition) is 5. The maximum absolute atomic E-state index is 11.5. The summed E-state index contributed by atoms with van der Waals surface area (Å²) in [6.45, 7) is -1.46. The summed E-state index contributed by atoms with van der Waals surface area (Å²) in [5.74, 6) is -5.27. The van der Waals surface area contributed by atoms with Gasteiger partial charge in [0.25, 0.3) is 0 Å². The Bertz CT molecular complexity index is 643. The standard InChI is InChI=1S/C18H30N4O9/c19-13(23)3-1-2-4-18(22(9-16(28)29)10-17(30)31)11-20(7-14(24)25)5-6-21(12-18)8-15(26)27/h1-12H2,(H2,19,23)(H,24,25)(H,26,27)(H,28,29)(H,30,31). The summed E-state index contributed by atoms with van der Waals surface area (Å²) >= 11 is 0. The fraction of sp³-hybridized carbons (Fsp3) is 0.722. The van der Waals surface area contributed by atoms with Gasteiger partial charge < -0.3 is 26.2 Å². The first-order chi connectivity index (χ1) is 14.4. The topological polar surface area (TPSA) is 202 Å². The first-order valence-electron chi connectivity index (χ1n) is 9.79. The van der Waals surface area contributed by atoms with Crippen LogP contribution >= 0.6 is 0 Å². The molecule has 31 heavy (non-hydrogen) atoms. The Morgan fingerprint density at radius 2 is 1.23 bits per heavy atom. The number of nitrogens with two attached hydrogens (primary N) is 1. The Morgan fingerprint density at radius 3 is 1.58 bits per heavy atom. The molecule has 1 aliphatic heterocycles. The van der Waals surface area contributed by atoms with Gasteiger partial charge in [-0.15, -0.1) is 0 Å². The first-order valence-corrected chi connectivity index (χ1v) is 9.79. The van der Waals surface area contributed by atoms with Crippen molar-refractivity contribution in [2.24, 2.45) is 5.73 Å². The molecule has 0 aromatic heterocycles. The molecule has 0 atom stereocenters. The highest BCUT2D eigenvalue weighted by Crippen LogP contribution is 2.28. The van der Waals surface area contributed by atoms with Crippen molar-refractivity contribution in [1.29, 1.82) is 0 Å². The van der Waals surface area contributed by atoms with Gasteiger partial charge in [-0.3, -0.25) is 38.7 Å². The molecule has 0 radical (unpaired) electrons. The highest BCUT2D eigenvalue weighted by Gasteiger charge is 2.43. The molecule has 0 unspecified atom stereocenters. The van der Waals surface area contributed by atoms with Crippen molar-refractivity contribution >= 4 is 29.8 Å². The third-order valence-electron chi connectivity index (χ3n) is 5.12. The summed E-state index contributed by atoms with van der Waals surface area (Å²) < 4.78 is 0.